The van der Waals surface area contributed by atoms with E-state index >= 15 is 0 Å². The minimum absolute atomic E-state index is 0.229. The molecule has 0 spiro atoms. The van der Waals surface area contributed by atoms with Gasteiger partial charge in [0, 0.05) is 11.7 Å². The summed E-state index contributed by atoms with van der Waals surface area (Å²) in [6, 6.07) is 6.99. The highest BCUT2D eigenvalue weighted by Gasteiger charge is 2.27. The van der Waals surface area contributed by atoms with E-state index in [9.17, 15) is 0 Å². The first-order valence-electron chi connectivity index (χ1n) is 8.01. The van der Waals surface area contributed by atoms with Crippen molar-refractivity contribution in [2.45, 2.75) is 66.0 Å². The first kappa shape index (κ1) is 15.2. The summed E-state index contributed by atoms with van der Waals surface area (Å²) in [5, 5.41) is 3.75. The molecule has 3 unspecified atom stereocenters. The molecule has 1 aliphatic carbocycles. The molecule has 0 bridgehead atoms. The number of hydrogen-bond acceptors (Lipinski definition) is 2. The number of rotatable bonds is 4. The highest BCUT2D eigenvalue weighted by Crippen LogP contribution is 2.33. The van der Waals surface area contributed by atoms with Crippen LogP contribution < -0.4 is 10.1 Å². The van der Waals surface area contributed by atoms with Gasteiger partial charge in [-0.05, 0) is 62.8 Å². The molecule has 0 radical (unpaired) electrons. The van der Waals surface area contributed by atoms with E-state index in [4.69, 9.17) is 4.74 Å². The van der Waals surface area contributed by atoms with Crippen LogP contribution in [0, 0.1) is 18.8 Å². The number of aryl methyl sites for hydroxylation is 1. The van der Waals surface area contributed by atoms with E-state index in [1.54, 1.807) is 0 Å². The van der Waals surface area contributed by atoms with Crippen LogP contribution in [0.25, 0.3) is 0 Å². The van der Waals surface area contributed by atoms with Gasteiger partial charge in [-0.1, -0.05) is 26.7 Å². The van der Waals surface area contributed by atoms with Gasteiger partial charge in [-0.15, -0.1) is 0 Å². The fourth-order valence-electron chi connectivity index (χ4n) is 3.13. The third kappa shape index (κ3) is 3.68. The number of benzene rings is 1. The summed E-state index contributed by atoms with van der Waals surface area (Å²) in [5.41, 5.74) is 2.53. The molecule has 1 fully saturated rings. The molecule has 112 valence electrons. The zero-order chi connectivity index (χ0) is 14.7. The van der Waals surface area contributed by atoms with Crippen LogP contribution in [0.15, 0.2) is 18.2 Å². The number of nitrogens with one attached hydrogen (secondary N) is 1. The number of anilines is 1. The Labute approximate surface area is 123 Å². The summed E-state index contributed by atoms with van der Waals surface area (Å²) < 4.78 is 5.75. The molecule has 1 saturated carbocycles. The Hall–Kier alpha value is -1.18. The van der Waals surface area contributed by atoms with E-state index < -0.39 is 0 Å². The molecule has 0 saturated heterocycles. The van der Waals surface area contributed by atoms with Crippen molar-refractivity contribution >= 4 is 5.69 Å². The van der Waals surface area contributed by atoms with Gasteiger partial charge in [-0.2, -0.15) is 0 Å². The minimum atomic E-state index is 0.229. The van der Waals surface area contributed by atoms with Crippen LogP contribution in [0.2, 0.25) is 0 Å². The maximum absolute atomic E-state index is 5.75. The molecule has 0 aliphatic heterocycles. The summed E-state index contributed by atoms with van der Waals surface area (Å²) in [4.78, 5) is 0. The summed E-state index contributed by atoms with van der Waals surface area (Å²) in [6.45, 7) is 11.0. The normalized spacial score (nSPS) is 26.6. The topological polar surface area (TPSA) is 21.3 Å². The molecule has 20 heavy (non-hydrogen) atoms. The molecule has 3 atom stereocenters. The quantitative estimate of drug-likeness (QED) is 0.833. The Morgan fingerprint density at radius 1 is 1.20 bits per heavy atom. The van der Waals surface area contributed by atoms with E-state index in [1.807, 2.05) is 0 Å². The molecule has 1 N–H and O–H groups in total. The van der Waals surface area contributed by atoms with Gasteiger partial charge in [0.05, 0.1) is 6.10 Å². The lowest BCUT2D eigenvalue weighted by molar-refractivity contribution is 0.242. The Bertz CT molecular complexity index is 441. The van der Waals surface area contributed by atoms with Crippen molar-refractivity contribution < 1.29 is 4.74 Å². The first-order chi connectivity index (χ1) is 9.47. The fraction of sp³-hybridized carbons (Fsp3) is 0.667. The summed E-state index contributed by atoms with van der Waals surface area (Å²) in [7, 11) is 0. The monoisotopic (exact) mass is 275 g/mol. The molecule has 2 heteroatoms. The molecule has 0 aromatic heterocycles. The minimum Gasteiger partial charge on any atom is -0.491 e. The fourth-order valence-corrected chi connectivity index (χ4v) is 3.13. The van der Waals surface area contributed by atoms with Gasteiger partial charge in [0.15, 0.2) is 0 Å². The molecular weight excluding hydrogens is 246 g/mol. The summed E-state index contributed by atoms with van der Waals surface area (Å²) in [6.07, 6.45) is 4.23. The Morgan fingerprint density at radius 2 is 1.95 bits per heavy atom. The van der Waals surface area contributed by atoms with E-state index in [-0.39, 0.29) is 6.10 Å². The molecule has 1 aromatic carbocycles. The van der Waals surface area contributed by atoms with Crippen LogP contribution in [0.1, 0.15) is 52.5 Å². The zero-order valence-corrected chi connectivity index (χ0v) is 13.6. The van der Waals surface area contributed by atoms with Crippen LogP contribution in [-0.4, -0.2) is 12.1 Å². The third-order valence-electron chi connectivity index (χ3n) is 4.62. The highest BCUT2D eigenvalue weighted by atomic mass is 16.5. The van der Waals surface area contributed by atoms with Crippen molar-refractivity contribution in [3.8, 4) is 5.75 Å². The lowest BCUT2D eigenvalue weighted by Gasteiger charge is -2.35. The maximum Gasteiger partial charge on any atom is 0.120 e. The predicted octanol–water partition coefficient (Wildman–Crippen LogP) is 5.02. The molecule has 1 aromatic rings. The van der Waals surface area contributed by atoms with Gasteiger partial charge in [0.1, 0.15) is 5.75 Å². The zero-order valence-electron chi connectivity index (χ0n) is 13.6. The second-order valence-corrected chi connectivity index (χ2v) is 6.66. The average Bonchev–Trinajstić information content (AvgIpc) is 2.37. The smallest absolute Gasteiger partial charge is 0.120 e. The lowest BCUT2D eigenvalue weighted by atomic mass is 9.78. The van der Waals surface area contributed by atoms with Crippen LogP contribution in [0.4, 0.5) is 5.69 Å². The van der Waals surface area contributed by atoms with Gasteiger partial charge < -0.3 is 10.1 Å². The highest BCUT2D eigenvalue weighted by molar-refractivity contribution is 5.54. The third-order valence-corrected chi connectivity index (χ3v) is 4.62. The Kier molecular flexibility index (Phi) is 4.95. The van der Waals surface area contributed by atoms with Crippen LogP contribution in [-0.2, 0) is 0 Å². The van der Waals surface area contributed by atoms with E-state index in [0.29, 0.717) is 6.04 Å². The molecule has 1 aliphatic rings. The van der Waals surface area contributed by atoms with E-state index in [1.165, 1.54) is 30.5 Å². The molecule has 0 amide bonds. The predicted molar refractivity (Wildman–Crippen MR) is 86.5 cm³/mol. The second-order valence-electron chi connectivity index (χ2n) is 6.66. The number of hydrogen-bond donors (Lipinski definition) is 1. The van der Waals surface area contributed by atoms with Crippen molar-refractivity contribution in [1.29, 1.82) is 0 Å². The van der Waals surface area contributed by atoms with Crippen LogP contribution in [0.5, 0.6) is 5.75 Å². The Morgan fingerprint density at radius 3 is 2.60 bits per heavy atom. The van der Waals surface area contributed by atoms with Crippen molar-refractivity contribution in [1.82, 2.24) is 0 Å². The van der Waals surface area contributed by atoms with Crippen molar-refractivity contribution in [3.63, 3.8) is 0 Å². The van der Waals surface area contributed by atoms with Crippen LogP contribution in [0.3, 0.4) is 0 Å². The van der Waals surface area contributed by atoms with Gasteiger partial charge in [-0.3, -0.25) is 0 Å². The SMILES string of the molecule is Cc1cc(OC(C)C)ccc1NC1CCCC(C)C1C. The van der Waals surface area contributed by atoms with Gasteiger partial charge in [0.25, 0.3) is 0 Å². The van der Waals surface area contributed by atoms with E-state index in [2.05, 4.69) is 58.1 Å². The van der Waals surface area contributed by atoms with Crippen LogP contribution >= 0.6 is 0 Å². The van der Waals surface area contributed by atoms with Crippen molar-refractivity contribution in [2.24, 2.45) is 11.8 Å². The molecule has 0 heterocycles. The van der Waals surface area contributed by atoms with E-state index in [0.717, 1.165) is 17.6 Å². The largest absolute Gasteiger partial charge is 0.491 e. The average molecular weight is 275 g/mol. The second kappa shape index (κ2) is 6.51. The number of ether oxygens (including phenoxy) is 1. The standard InChI is InChI=1S/C18H29NO/c1-12(2)20-16-9-10-17(14(4)11-16)19-18-8-6-7-13(3)15(18)5/h9-13,15,18-19H,6-8H2,1-5H3. The van der Waals surface area contributed by atoms with Gasteiger partial charge in [-0.25, -0.2) is 0 Å². The first-order valence-corrected chi connectivity index (χ1v) is 8.01. The van der Waals surface area contributed by atoms with Crippen molar-refractivity contribution in [2.75, 3.05) is 5.32 Å². The molecule has 2 nitrogen and oxygen atoms in total. The molecule has 2 rings (SSSR count). The maximum atomic E-state index is 5.75. The van der Waals surface area contributed by atoms with Gasteiger partial charge in [0.2, 0.25) is 0 Å². The summed E-state index contributed by atoms with van der Waals surface area (Å²) >= 11 is 0. The van der Waals surface area contributed by atoms with Crippen molar-refractivity contribution in [3.05, 3.63) is 23.8 Å². The molecular formula is C18H29NO. The summed E-state index contributed by atoms with van der Waals surface area (Å²) in [5.74, 6) is 2.54. The lowest BCUT2D eigenvalue weighted by Crippen LogP contribution is -2.35. The van der Waals surface area contributed by atoms with Gasteiger partial charge >= 0.3 is 0 Å². The Balaban J connectivity index is 2.05.